The fourth-order valence-corrected chi connectivity index (χ4v) is 2.94. The van der Waals surface area contributed by atoms with Crippen LogP contribution in [0.15, 0.2) is 29.2 Å². The van der Waals surface area contributed by atoms with Crippen LogP contribution in [0.3, 0.4) is 0 Å². The molecule has 2 nitrogen and oxygen atoms in total. The van der Waals surface area contributed by atoms with E-state index in [2.05, 4.69) is 23.7 Å². The Kier molecular flexibility index (Phi) is 6.76. The largest absolute Gasteiger partial charge is 0.317 e. The Labute approximate surface area is 119 Å². The van der Waals surface area contributed by atoms with Crippen molar-refractivity contribution in [1.29, 1.82) is 0 Å². The third kappa shape index (κ3) is 4.01. The first kappa shape index (κ1) is 15.5. The van der Waals surface area contributed by atoms with Crippen LogP contribution in [0.4, 0.5) is 0 Å². The lowest BCUT2D eigenvalue weighted by Crippen LogP contribution is -2.32. The molecule has 0 bridgehead atoms. The summed E-state index contributed by atoms with van der Waals surface area (Å²) in [6.07, 6.45) is 4.66. The second kappa shape index (κ2) is 7.82. The summed E-state index contributed by atoms with van der Waals surface area (Å²) in [5, 5.41) is 3.30. The van der Waals surface area contributed by atoms with E-state index in [1.54, 1.807) is 11.8 Å². The zero-order chi connectivity index (χ0) is 12.1. The minimum atomic E-state index is 0. The molecule has 1 aliphatic heterocycles. The van der Waals surface area contributed by atoms with Crippen LogP contribution >= 0.6 is 24.2 Å². The summed E-state index contributed by atoms with van der Waals surface area (Å²) in [6, 6.07) is 8.22. The summed E-state index contributed by atoms with van der Waals surface area (Å²) < 4.78 is 0. The Morgan fingerprint density at radius 3 is 2.67 bits per heavy atom. The van der Waals surface area contributed by atoms with E-state index >= 15 is 0 Å². The maximum Gasteiger partial charge on any atom is 0.140 e. The number of Topliss-reactive ketones (excluding diaryl/α,β-unsaturated/α-hetero) is 1. The molecule has 1 saturated heterocycles. The van der Waals surface area contributed by atoms with Crippen LogP contribution < -0.4 is 5.32 Å². The Balaban J connectivity index is 0.00000162. The number of hydrogen-bond donors (Lipinski definition) is 1. The first-order valence-corrected chi connectivity index (χ1v) is 7.39. The van der Waals surface area contributed by atoms with Crippen molar-refractivity contribution in [3.63, 3.8) is 0 Å². The molecule has 1 aromatic carbocycles. The zero-order valence-electron chi connectivity index (χ0n) is 10.6. The van der Waals surface area contributed by atoms with Gasteiger partial charge >= 0.3 is 0 Å². The van der Waals surface area contributed by atoms with E-state index in [1.165, 1.54) is 10.5 Å². The van der Waals surface area contributed by atoms with Crippen molar-refractivity contribution in [1.82, 2.24) is 5.32 Å². The number of hydrogen-bond acceptors (Lipinski definition) is 3. The SMILES string of the molecule is CSc1ccccc1CC(=O)C1CCNCC1.Cl. The zero-order valence-corrected chi connectivity index (χ0v) is 12.3. The van der Waals surface area contributed by atoms with Gasteiger partial charge in [0, 0.05) is 17.2 Å². The van der Waals surface area contributed by atoms with Crippen LogP contribution in [0, 0.1) is 5.92 Å². The van der Waals surface area contributed by atoms with Crippen molar-refractivity contribution in [2.75, 3.05) is 19.3 Å². The first-order valence-electron chi connectivity index (χ1n) is 6.16. The van der Waals surface area contributed by atoms with Gasteiger partial charge in [-0.25, -0.2) is 0 Å². The molecule has 100 valence electrons. The molecule has 0 amide bonds. The summed E-state index contributed by atoms with van der Waals surface area (Å²) >= 11 is 1.72. The lowest BCUT2D eigenvalue weighted by atomic mass is 9.90. The number of carbonyl (C=O) groups excluding carboxylic acids is 1. The molecular formula is C14H20ClNOS. The normalized spacial score (nSPS) is 16.1. The van der Waals surface area contributed by atoms with Gasteiger partial charge in [-0.3, -0.25) is 4.79 Å². The van der Waals surface area contributed by atoms with E-state index in [0.717, 1.165) is 25.9 Å². The monoisotopic (exact) mass is 285 g/mol. The summed E-state index contributed by atoms with van der Waals surface area (Å²) in [5.74, 6) is 0.680. The summed E-state index contributed by atoms with van der Waals surface area (Å²) in [4.78, 5) is 13.4. The lowest BCUT2D eigenvalue weighted by Gasteiger charge is -2.21. The van der Waals surface area contributed by atoms with E-state index in [-0.39, 0.29) is 18.3 Å². The number of benzene rings is 1. The second-order valence-corrected chi connectivity index (χ2v) is 5.33. The van der Waals surface area contributed by atoms with Gasteiger partial charge in [-0.15, -0.1) is 24.2 Å². The van der Waals surface area contributed by atoms with Crippen molar-refractivity contribution in [3.8, 4) is 0 Å². The lowest BCUT2D eigenvalue weighted by molar-refractivity contribution is -0.122. The average molecular weight is 286 g/mol. The molecular weight excluding hydrogens is 266 g/mol. The second-order valence-electron chi connectivity index (χ2n) is 4.48. The molecule has 1 heterocycles. The van der Waals surface area contributed by atoms with Gasteiger partial charge in [0.25, 0.3) is 0 Å². The molecule has 1 aliphatic rings. The maximum atomic E-state index is 12.2. The maximum absolute atomic E-state index is 12.2. The number of carbonyl (C=O) groups is 1. The van der Waals surface area contributed by atoms with Crippen LogP contribution in [0.2, 0.25) is 0 Å². The van der Waals surface area contributed by atoms with Crippen LogP contribution in [0.25, 0.3) is 0 Å². The number of rotatable bonds is 4. The van der Waals surface area contributed by atoms with Crippen LogP contribution in [-0.2, 0) is 11.2 Å². The Bertz CT molecular complexity index is 391. The molecule has 1 fully saturated rings. The quantitative estimate of drug-likeness (QED) is 0.863. The Morgan fingerprint density at radius 1 is 1.33 bits per heavy atom. The van der Waals surface area contributed by atoms with Gasteiger partial charge in [-0.2, -0.15) is 0 Å². The van der Waals surface area contributed by atoms with Gasteiger partial charge in [-0.1, -0.05) is 18.2 Å². The number of ketones is 1. The van der Waals surface area contributed by atoms with Gasteiger partial charge in [0.15, 0.2) is 0 Å². The van der Waals surface area contributed by atoms with Crippen LogP contribution in [0.1, 0.15) is 18.4 Å². The highest BCUT2D eigenvalue weighted by Crippen LogP contribution is 2.23. The molecule has 0 saturated carbocycles. The van der Waals surface area contributed by atoms with Crippen LogP contribution in [0.5, 0.6) is 0 Å². The average Bonchev–Trinajstić information content (AvgIpc) is 2.40. The molecule has 1 N–H and O–H groups in total. The first-order chi connectivity index (χ1) is 8.31. The third-order valence-corrected chi connectivity index (χ3v) is 4.19. The van der Waals surface area contributed by atoms with Gasteiger partial charge in [0.05, 0.1) is 0 Å². The van der Waals surface area contributed by atoms with Crippen molar-refractivity contribution in [2.45, 2.75) is 24.2 Å². The van der Waals surface area contributed by atoms with E-state index in [4.69, 9.17) is 0 Å². The topological polar surface area (TPSA) is 29.1 Å². The minimum absolute atomic E-state index is 0. The van der Waals surface area contributed by atoms with Crippen molar-refractivity contribution >= 4 is 30.0 Å². The molecule has 0 spiro atoms. The van der Waals surface area contributed by atoms with Gasteiger partial charge in [0.1, 0.15) is 5.78 Å². The minimum Gasteiger partial charge on any atom is -0.317 e. The molecule has 0 atom stereocenters. The molecule has 4 heteroatoms. The van der Waals surface area contributed by atoms with E-state index in [9.17, 15) is 4.79 Å². The Hall–Kier alpha value is -0.510. The molecule has 0 radical (unpaired) electrons. The van der Waals surface area contributed by atoms with E-state index in [1.807, 2.05) is 12.1 Å². The van der Waals surface area contributed by atoms with Crippen molar-refractivity contribution in [3.05, 3.63) is 29.8 Å². The van der Waals surface area contributed by atoms with Crippen molar-refractivity contribution in [2.24, 2.45) is 5.92 Å². The number of nitrogens with one attached hydrogen (secondary N) is 1. The van der Waals surface area contributed by atoms with Crippen molar-refractivity contribution < 1.29 is 4.79 Å². The number of halogens is 1. The number of piperidine rings is 1. The van der Waals surface area contributed by atoms with Gasteiger partial charge in [0.2, 0.25) is 0 Å². The molecule has 0 aliphatic carbocycles. The van der Waals surface area contributed by atoms with E-state index < -0.39 is 0 Å². The standard InChI is InChI=1S/C14H19NOS.ClH/c1-17-14-5-3-2-4-12(14)10-13(16)11-6-8-15-9-7-11;/h2-5,11,15H,6-10H2,1H3;1H. The molecule has 18 heavy (non-hydrogen) atoms. The predicted molar refractivity (Wildman–Crippen MR) is 79.8 cm³/mol. The highest BCUT2D eigenvalue weighted by Gasteiger charge is 2.21. The smallest absolute Gasteiger partial charge is 0.140 e. The molecule has 2 rings (SSSR count). The van der Waals surface area contributed by atoms with Gasteiger partial charge in [-0.05, 0) is 43.8 Å². The highest BCUT2D eigenvalue weighted by atomic mass is 35.5. The fraction of sp³-hybridized carbons (Fsp3) is 0.500. The Morgan fingerprint density at radius 2 is 2.00 bits per heavy atom. The van der Waals surface area contributed by atoms with E-state index in [0.29, 0.717) is 12.2 Å². The summed E-state index contributed by atoms with van der Waals surface area (Å²) in [6.45, 7) is 1.97. The van der Waals surface area contributed by atoms with Gasteiger partial charge < -0.3 is 5.32 Å². The highest BCUT2D eigenvalue weighted by molar-refractivity contribution is 7.98. The predicted octanol–water partition coefficient (Wildman–Crippen LogP) is 2.94. The third-order valence-electron chi connectivity index (χ3n) is 3.35. The molecule has 0 unspecified atom stereocenters. The fourth-order valence-electron chi connectivity index (χ4n) is 2.32. The number of thioether (sulfide) groups is 1. The van der Waals surface area contributed by atoms with Crippen LogP contribution in [-0.4, -0.2) is 25.1 Å². The summed E-state index contributed by atoms with van der Waals surface area (Å²) in [7, 11) is 0. The molecule has 1 aromatic rings. The molecule has 0 aromatic heterocycles. The summed E-state index contributed by atoms with van der Waals surface area (Å²) in [5.41, 5.74) is 1.18.